The van der Waals surface area contributed by atoms with Gasteiger partial charge in [0.15, 0.2) is 6.10 Å². The molecule has 2 N–H and O–H groups in total. The summed E-state index contributed by atoms with van der Waals surface area (Å²) in [5.41, 5.74) is 0. The van der Waals surface area contributed by atoms with Crippen LogP contribution in [0.15, 0.2) is 48.6 Å². The summed E-state index contributed by atoms with van der Waals surface area (Å²) < 4.78 is 26.3. The van der Waals surface area contributed by atoms with Crippen molar-refractivity contribution in [1.29, 1.82) is 0 Å². The molecule has 0 saturated carbocycles. The third-order valence-electron chi connectivity index (χ3n) is 7.58. The predicted molar refractivity (Wildman–Crippen MR) is 193 cm³/mol. The van der Waals surface area contributed by atoms with Crippen molar-refractivity contribution in [1.82, 2.24) is 0 Å². The molecule has 0 amide bonds. The van der Waals surface area contributed by atoms with E-state index >= 15 is 0 Å². The van der Waals surface area contributed by atoms with E-state index in [2.05, 4.69) is 67.0 Å². The van der Waals surface area contributed by atoms with Crippen LogP contribution in [-0.2, 0) is 28.2 Å². The second-order valence-corrected chi connectivity index (χ2v) is 13.4. The van der Waals surface area contributed by atoms with E-state index in [4.69, 9.17) is 19.3 Å². The molecule has 0 fully saturated rings. The van der Waals surface area contributed by atoms with E-state index in [1.165, 1.54) is 38.5 Å². The third kappa shape index (κ3) is 36.7. The number of esters is 2. The van der Waals surface area contributed by atoms with E-state index in [0.717, 1.165) is 83.5 Å². The molecule has 0 saturated heterocycles. The molecule has 0 bridgehead atoms. The number of carbonyl (C=O) groups excluding carboxylic acids is 2. The Kier molecular flexibility index (Phi) is 32.5. The molecule has 0 aliphatic carbocycles. The fraction of sp³-hybridized carbons (Fsp3) is 0.737. The van der Waals surface area contributed by atoms with Gasteiger partial charge in [-0.05, 0) is 70.6 Å². The first-order chi connectivity index (χ1) is 22.8. The second kappa shape index (κ2) is 33.9. The largest absolute Gasteiger partial charge is 0.469 e. The van der Waals surface area contributed by atoms with Gasteiger partial charge in [-0.1, -0.05) is 127 Å². The molecule has 0 aromatic rings. The van der Waals surface area contributed by atoms with Gasteiger partial charge in [-0.2, -0.15) is 0 Å². The van der Waals surface area contributed by atoms with Gasteiger partial charge >= 0.3 is 19.8 Å². The molecule has 0 aromatic heterocycles. The van der Waals surface area contributed by atoms with E-state index in [0.29, 0.717) is 12.8 Å². The zero-order chi connectivity index (χ0) is 34.7. The van der Waals surface area contributed by atoms with Crippen LogP contribution in [-0.4, -0.2) is 41.0 Å². The molecule has 0 aromatic carbocycles. The summed E-state index contributed by atoms with van der Waals surface area (Å²) in [6.45, 7) is 3.52. The third-order valence-corrected chi connectivity index (χ3v) is 8.07. The second-order valence-electron chi connectivity index (χ2n) is 12.2. The van der Waals surface area contributed by atoms with Gasteiger partial charge < -0.3 is 19.3 Å². The van der Waals surface area contributed by atoms with Crippen molar-refractivity contribution >= 4 is 19.8 Å². The van der Waals surface area contributed by atoms with Gasteiger partial charge in [0.25, 0.3) is 0 Å². The number of ether oxygens (including phenoxy) is 2. The average Bonchev–Trinajstić information content (AvgIpc) is 3.03. The maximum atomic E-state index is 12.3. The maximum absolute atomic E-state index is 12.3. The molecule has 272 valence electrons. The highest BCUT2D eigenvalue weighted by atomic mass is 31.2. The van der Waals surface area contributed by atoms with Gasteiger partial charge in [0.2, 0.25) is 0 Å². The van der Waals surface area contributed by atoms with E-state index in [1.54, 1.807) is 0 Å². The molecular formula is C38H67O8P. The van der Waals surface area contributed by atoms with Crippen LogP contribution in [0.5, 0.6) is 0 Å². The number of allylic oxidation sites excluding steroid dienone is 8. The normalized spacial score (nSPS) is 13.0. The van der Waals surface area contributed by atoms with Gasteiger partial charge in [0.05, 0.1) is 6.61 Å². The summed E-state index contributed by atoms with van der Waals surface area (Å²) in [4.78, 5) is 42.7. The zero-order valence-electron chi connectivity index (χ0n) is 29.7. The van der Waals surface area contributed by atoms with Gasteiger partial charge in [-0.25, -0.2) is 4.57 Å². The average molecular weight is 683 g/mol. The Hall–Kier alpha value is -1.99. The molecule has 8 nitrogen and oxygen atoms in total. The first-order valence-electron chi connectivity index (χ1n) is 18.4. The number of phosphoric acid groups is 1. The molecule has 0 aliphatic rings. The molecule has 0 heterocycles. The van der Waals surface area contributed by atoms with Crippen molar-refractivity contribution in [2.75, 3.05) is 13.2 Å². The minimum absolute atomic E-state index is 0.189. The topological polar surface area (TPSA) is 119 Å². The molecule has 1 atom stereocenters. The van der Waals surface area contributed by atoms with Crippen molar-refractivity contribution in [2.24, 2.45) is 0 Å². The minimum Gasteiger partial charge on any atom is -0.462 e. The number of hydrogen-bond acceptors (Lipinski definition) is 6. The van der Waals surface area contributed by atoms with Gasteiger partial charge in [-0.3, -0.25) is 14.1 Å². The number of carbonyl (C=O) groups is 2. The van der Waals surface area contributed by atoms with Crippen molar-refractivity contribution in [2.45, 2.75) is 168 Å². The van der Waals surface area contributed by atoms with Crippen LogP contribution in [0, 0.1) is 0 Å². The van der Waals surface area contributed by atoms with E-state index in [1.807, 2.05) is 0 Å². The molecule has 9 heteroatoms. The Morgan fingerprint density at radius 1 is 0.574 bits per heavy atom. The molecule has 0 spiro atoms. The Balaban J connectivity index is 4.03. The predicted octanol–water partition coefficient (Wildman–Crippen LogP) is 10.8. The smallest absolute Gasteiger partial charge is 0.462 e. The Morgan fingerprint density at radius 2 is 1.02 bits per heavy atom. The van der Waals surface area contributed by atoms with Crippen LogP contribution in [0.4, 0.5) is 0 Å². The summed E-state index contributed by atoms with van der Waals surface area (Å²) in [6.07, 6.45) is 39.7. The highest BCUT2D eigenvalue weighted by Gasteiger charge is 2.22. The molecule has 47 heavy (non-hydrogen) atoms. The van der Waals surface area contributed by atoms with Gasteiger partial charge in [0, 0.05) is 12.8 Å². The van der Waals surface area contributed by atoms with Gasteiger partial charge in [0.1, 0.15) is 6.61 Å². The van der Waals surface area contributed by atoms with Crippen LogP contribution >= 0.6 is 7.82 Å². The van der Waals surface area contributed by atoms with Crippen molar-refractivity contribution < 1.29 is 37.9 Å². The van der Waals surface area contributed by atoms with E-state index < -0.39 is 32.5 Å². The van der Waals surface area contributed by atoms with Crippen LogP contribution in [0.2, 0.25) is 0 Å². The van der Waals surface area contributed by atoms with Crippen LogP contribution in [0.3, 0.4) is 0 Å². The number of hydrogen-bond donors (Lipinski definition) is 2. The fourth-order valence-electron chi connectivity index (χ4n) is 4.85. The fourth-order valence-corrected chi connectivity index (χ4v) is 5.21. The van der Waals surface area contributed by atoms with Gasteiger partial charge in [-0.15, -0.1) is 0 Å². The lowest BCUT2D eigenvalue weighted by Crippen LogP contribution is -2.29. The van der Waals surface area contributed by atoms with Crippen molar-refractivity contribution in [3.05, 3.63) is 48.6 Å². The quantitative estimate of drug-likeness (QED) is 0.0304. The van der Waals surface area contributed by atoms with Crippen molar-refractivity contribution in [3.8, 4) is 0 Å². The summed E-state index contributed by atoms with van der Waals surface area (Å²) in [5, 5.41) is 0. The summed E-state index contributed by atoms with van der Waals surface area (Å²) >= 11 is 0. The Bertz CT molecular complexity index is 905. The Labute approximate surface area is 286 Å². The maximum Gasteiger partial charge on any atom is 0.469 e. The lowest BCUT2D eigenvalue weighted by atomic mass is 10.1. The Morgan fingerprint density at radius 3 is 1.55 bits per heavy atom. The minimum atomic E-state index is -4.76. The van der Waals surface area contributed by atoms with Crippen LogP contribution in [0.1, 0.15) is 162 Å². The summed E-state index contributed by atoms with van der Waals surface area (Å²) in [6, 6.07) is 0. The van der Waals surface area contributed by atoms with Crippen LogP contribution in [0.25, 0.3) is 0 Å². The molecule has 0 aliphatic heterocycles. The molecular weight excluding hydrogens is 615 g/mol. The first kappa shape index (κ1) is 45.0. The van der Waals surface area contributed by atoms with E-state index in [-0.39, 0.29) is 19.4 Å². The lowest BCUT2D eigenvalue weighted by Gasteiger charge is -2.18. The first-order valence-corrected chi connectivity index (χ1v) is 20.0. The number of unbranched alkanes of at least 4 members (excludes halogenated alkanes) is 15. The molecule has 0 rings (SSSR count). The van der Waals surface area contributed by atoms with Crippen LogP contribution < -0.4 is 0 Å². The zero-order valence-corrected chi connectivity index (χ0v) is 30.6. The highest BCUT2D eigenvalue weighted by molar-refractivity contribution is 7.46. The SMILES string of the molecule is CC/C=C\C/C=C\C/C=C\CCCCCCCC(=O)O[C@H](COC(=O)CCCCCCC/C=C\CCCCCCC)COP(=O)(O)O. The molecule has 0 unspecified atom stereocenters. The summed E-state index contributed by atoms with van der Waals surface area (Å²) in [7, 11) is -4.76. The number of phosphoric ester groups is 1. The van der Waals surface area contributed by atoms with E-state index in [9.17, 15) is 14.2 Å². The monoisotopic (exact) mass is 682 g/mol. The summed E-state index contributed by atoms with van der Waals surface area (Å²) in [5.74, 6) is -0.918. The number of rotatable bonds is 33. The lowest BCUT2D eigenvalue weighted by molar-refractivity contribution is -0.161. The van der Waals surface area contributed by atoms with Crippen molar-refractivity contribution in [3.63, 3.8) is 0 Å². The standard InChI is InChI=1S/C38H67O8P/c1-3-5-7-9-11-13-15-17-19-21-23-25-27-29-31-33-38(40)46-36(35-45-47(41,42)43)34-44-37(39)32-30-28-26-24-22-20-18-16-14-12-10-8-6-4-2/h5,7,11,13,16-19,36H,3-4,6,8-10,12,14-15,20-35H2,1-2H3,(H2,41,42,43)/b7-5-,13-11-,18-16-,19-17-/t36-/m1/s1. The highest BCUT2D eigenvalue weighted by Crippen LogP contribution is 2.36. The molecule has 0 radical (unpaired) electrons.